The van der Waals surface area contributed by atoms with E-state index >= 15 is 0 Å². The molecule has 7 heteroatoms. The number of hydrogen-bond acceptors (Lipinski definition) is 5. The summed E-state index contributed by atoms with van der Waals surface area (Å²) >= 11 is 3.16. The lowest BCUT2D eigenvalue weighted by Gasteiger charge is -2.20. The van der Waals surface area contributed by atoms with Gasteiger partial charge in [0.25, 0.3) is 0 Å². The van der Waals surface area contributed by atoms with Crippen molar-refractivity contribution in [3.8, 4) is 0 Å². The molecule has 1 aromatic heterocycles. The lowest BCUT2D eigenvalue weighted by molar-refractivity contribution is 0.0734. The Morgan fingerprint density at radius 2 is 2.35 bits per heavy atom. The molecule has 2 aromatic rings. The van der Waals surface area contributed by atoms with Gasteiger partial charge in [0.15, 0.2) is 5.82 Å². The summed E-state index contributed by atoms with van der Waals surface area (Å²) in [6.45, 7) is 2.02. The van der Waals surface area contributed by atoms with E-state index in [2.05, 4.69) is 31.4 Å². The Hall–Kier alpha value is -1.31. The molecular weight excluding hydrogens is 329 g/mol. The van der Waals surface area contributed by atoms with Gasteiger partial charge in [0, 0.05) is 6.54 Å². The SMILES string of the molecule is Fc1ccc(Cc2nc([C@H]3COCCN3)no2)cc1Br. The Kier molecular flexibility index (Phi) is 4.09. The highest BCUT2D eigenvalue weighted by Gasteiger charge is 2.21. The first-order valence-corrected chi connectivity index (χ1v) is 7.09. The number of nitrogens with zero attached hydrogens (tertiary/aromatic N) is 2. The fourth-order valence-electron chi connectivity index (χ4n) is 2.04. The number of morpholine rings is 1. The van der Waals surface area contributed by atoms with E-state index in [1.165, 1.54) is 6.07 Å². The summed E-state index contributed by atoms with van der Waals surface area (Å²) in [6.07, 6.45) is 0.472. The lowest BCUT2D eigenvalue weighted by Crippen LogP contribution is -2.35. The second kappa shape index (κ2) is 5.99. The molecule has 5 nitrogen and oxygen atoms in total. The van der Waals surface area contributed by atoms with E-state index in [1.807, 2.05) is 0 Å². The maximum absolute atomic E-state index is 13.2. The van der Waals surface area contributed by atoms with Gasteiger partial charge in [0.05, 0.1) is 30.1 Å². The second-order valence-electron chi connectivity index (χ2n) is 4.55. The molecule has 1 atom stereocenters. The van der Waals surface area contributed by atoms with Crippen molar-refractivity contribution in [1.29, 1.82) is 0 Å². The highest BCUT2D eigenvalue weighted by Crippen LogP contribution is 2.19. The van der Waals surface area contributed by atoms with E-state index in [0.29, 0.717) is 35.8 Å². The third-order valence-electron chi connectivity index (χ3n) is 3.06. The quantitative estimate of drug-likeness (QED) is 0.927. The first-order valence-electron chi connectivity index (χ1n) is 6.30. The van der Waals surface area contributed by atoms with Crippen molar-refractivity contribution in [3.63, 3.8) is 0 Å². The molecule has 106 valence electrons. The monoisotopic (exact) mass is 341 g/mol. The minimum Gasteiger partial charge on any atom is -0.378 e. The first kappa shape index (κ1) is 13.7. The van der Waals surface area contributed by atoms with Crippen molar-refractivity contribution >= 4 is 15.9 Å². The van der Waals surface area contributed by atoms with E-state index in [-0.39, 0.29) is 11.9 Å². The van der Waals surface area contributed by atoms with Gasteiger partial charge in [0.1, 0.15) is 5.82 Å². The highest BCUT2D eigenvalue weighted by molar-refractivity contribution is 9.10. The molecule has 0 saturated carbocycles. The van der Waals surface area contributed by atoms with E-state index < -0.39 is 0 Å². The zero-order valence-electron chi connectivity index (χ0n) is 10.6. The van der Waals surface area contributed by atoms with Crippen molar-refractivity contribution in [2.75, 3.05) is 19.8 Å². The molecule has 1 fully saturated rings. The van der Waals surface area contributed by atoms with Gasteiger partial charge in [-0.25, -0.2) is 4.39 Å². The molecule has 3 rings (SSSR count). The number of nitrogens with one attached hydrogen (secondary N) is 1. The van der Waals surface area contributed by atoms with Gasteiger partial charge in [-0.3, -0.25) is 0 Å². The van der Waals surface area contributed by atoms with Crippen LogP contribution in [0.15, 0.2) is 27.2 Å². The molecule has 1 saturated heterocycles. The topological polar surface area (TPSA) is 60.2 Å². The fraction of sp³-hybridized carbons (Fsp3) is 0.385. The van der Waals surface area contributed by atoms with Gasteiger partial charge < -0.3 is 14.6 Å². The van der Waals surface area contributed by atoms with E-state index in [9.17, 15) is 4.39 Å². The number of hydrogen-bond donors (Lipinski definition) is 1. The Labute approximate surface area is 123 Å². The Bertz CT molecular complexity index is 599. The average Bonchev–Trinajstić information content (AvgIpc) is 2.92. The normalized spacial score (nSPS) is 19.2. The summed E-state index contributed by atoms with van der Waals surface area (Å²) in [5.74, 6) is 0.815. The minimum atomic E-state index is -0.288. The fourth-order valence-corrected chi connectivity index (χ4v) is 2.46. The third-order valence-corrected chi connectivity index (χ3v) is 3.66. The van der Waals surface area contributed by atoms with Crippen LogP contribution in [0.2, 0.25) is 0 Å². The average molecular weight is 342 g/mol. The number of halogens is 2. The van der Waals surface area contributed by atoms with Crippen LogP contribution in [-0.2, 0) is 11.2 Å². The van der Waals surface area contributed by atoms with Crippen LogP contribution in [0.4, 0.5) is 4.39 Å². The van der Waals surface area contributed by atoms with Crippen molar-refractivity contribution in [1.82, 2.24) is 15.5 Å². The van der Waals surface area contributed by atoms with E-state index in [1.54, 1.807) is 12.1 Å². The zero-order chi connectivity index (χ0) is 13.9. The van der Waals surface area contributed by atoms with Crippen LogP contribution in [0.3, 0.4) is 0 Å². The van der Waals surface area contributed by atoms with Crippen LogP contribution < -0.4 is 5.32 Å². The highest BCUT2D eigenvalue weighted by atomic mass is 79.9. The standard InChI is InChI=1S/C13H13BrFN3O2/c14-9-5-8(1-2-10(9)15)6-12-17-13(18-20-12)11-7-19-4-3-16-11/h1-2,5,11,16H,3-4,6-7H2/t11-/m1/s1. The largest absolute Gasteiger partial charge is 0.378 e. The molecule has 1 aliphatic heterocycles. The molecule has 0 amide bonds. The Morgan fingerprint density at radius 3 is 3.10 bits per heavy atom. The molecule has 0 radical (unpaired) electrons. The predicted molar refractivity (Wildman–Crippen MR) is 72.8 cm³/mol. The summed E-state index contributed by atoms with van der Waals surface area (Å²) in [7, 11) is 0. The molecular formula is C13H13BrFN3O2. The molecule has 1 aromatic carbocycles. The maximum atomic E-state index is 13.2. The summed E-state index contributed by atoms with van der Waals surface area (Å²) in [6, 6.07) is 4.79. The summed E-state index contributed by atoms with van der Waals surface area (Å²) in [5, 5.41) is 7.22. The number of benzene rings is 1. The summed E-state index contributed by atoms with van der Waals surface area (Å²) in [4.78, 5) is 4.35. The Balaban J connectivity index is 1.71. The molecule has 0 spiro atoms. The number of aromatic nitrogens is 2. The first-order chi connectivity index (χ1) is 9.72. The Morgan fingerprint density at radius 1 is 1.45 bits per heavy atom. The molecule has 1 N–H and O–H groups in total. The molecule has 1 aliphatic rings. The summed E-state index contributed by atoms with van der Waals surface area (Å²) in [5.41, 5.74) is 0.904. The van der Waals surface area contributed by atoms with Crippen LogP contribution in [0.1, 0.15) is 23.3 Å². The smallest absolute Gasteiger partial charge is 0.231 e. The van der Waals surface area contributed by atoms with Gasteiger partial charge in [-0.05, 0) is 33.6 Å². The van der Waals surface area contributed by atoms with E-state index in [0.717, 1.165) is 12.1 Å². The predicted octanol–water partition coefficient (Wildman–Crippen LogP) is 2.22. The van der Waals surface area contributed by atoms with Gasteiger partial charge in [0.2, 0.25) is 5.89 Å². The van der Waals surface area contributed by atoms with Gasteiger partial charge in [-0.15, -0.1) is 0 Å². The molecule has 20 heavy (non-hydrogen) atoms. The van der Waals surface area contributed by atoms with Crippen molar-refractivity contribution in [2.24, 2.45) is 0 Å². The van der Waals surface area contributed by atoms with Crippen LogP contribution in [-0.4, -0.2) is 29.9 Å². The van der Waals surface area contributed by atoms with Crippen molar-refractivity contribution < 1.29 is 13.7 Å². The van der Waals surface area contributed by atoms with E-state index in [4.69, 9.17) is 9.26 Å². The number of rotatable bonds is 3. The van der Waals surface area contributed by atoms with Crippen molar-refractivity contribution in [3.05, 3.63) is 45.8 Å². The van der Waals surface area contributed by atoms with Gasteiger partial charge in [-0.1, -0.05) is 11.2 Å². The molecule has 0 aliphatic carbocycles. The summed E-state index contributed by atoms with van der Waals surface area (Å²) < 4.78 is 24.2. The zero-order valence-corrected chi connectivity index (χ0v) is 12.2. The number of ether oxygens (including phenoxy) is 1. The van der Waals surface area contributed by atoms with Crippen molar-refractivity contribution in [2.45, 2.75) is 12.5 Å². The molecule has 2 heterocycles. The maximum Gasteiger partial charge on any atom is 0.231 e. The molecule has 0 unspecified atom stereocenters. The second-order valence-corrected chi connectivity index (χ2v) is 5.41. The van der Waals surface area contributed by atoms with Crippen LogP contribution >= 0.6 is 15.9 Å². The van der Waals surface area contributed by atoms with Crippen LogP contribution in [0, 0.1) is 5.82 Å². The third kappa shape index (κ3) is 3.05. The lowest BCUT2D eigenvalue weighted by atomic mass is 10.1. The molecule has 0 bridgehead atoms. The minimum absolute atomic E-state index is 0.0267. The van der Waals surface area contributed by atoms with Gasteiger partial charge in [-0.2, -0.15) is 4.98 Å². The van der Waals surface area contributed by atoms with Crippen LogP contribution in [0.5, 0.6) is 0 Å². The van der Waals surface area contributed by atoms with Crippen LogP contribution in [0.25, 0.3) is 0 Å². The van der Waals surface area contributed by atoms with Gasteiger partial charge >= 0.3 is 0 Å².